The van der Waals surface area contributed by atoms with E-state index in [0.29, 0.717) is 11.8 Å². The molecule has 2 N–H and O–H groups in total. The lowest BCUT2D eigenvalue weighted by Crippen LogP contribution is -2.51. The molecule has 1 aromatic carbocycles. The summed E-state index contributed by atoms with van der Waals surface area (Å²) in [4.78, 5) is 49.0. The Labute approximate surface area is 172 Å². The van der Waals surface area contributed by atoms with Crippen molar-refractivity contribution in [2.45, 2.75) is 33.2 Å². The number of urea groups is 1. The van der Waals surface area contributed by atoms with Crippen LogP contribution in [0.3, 0.4) is 0 Å². The van der Waals surface area contributed by atoms with E-state index < -0.39 is 30.6 Å². The molecule has 1 aromatic heterocycles. The largest absolute Gasteiger partial charge is 0.463 e. The zero-order valence-corrected chi connectivity index (χ0v) is 16.9. The Hall–Kier alpha value is -3.62. The minimum Gasteiger partial charge on any atom is -0.463 e. The van der Waals surface area contributed by atoms with Crippen LogP contribution >= 0.6 is 0 Å². The van der Waals surface area contributed by atoms with Gasteiger partial charge < -0.3 is 24.5 Å². The number of esters is 2. The van der Waals surface area contributed by atoms with Crippen LogP contribution < -0.4 is 16.1 Å². The summed E-state index contributed by atoms with van der Waals surface area (Å²) in [5.74, 6) is -1.79. The lowest BCUT2D eigenvalue weighted by atomic mass is 10.0. The zero-order chi connectivity index (χ0) is 21.8. The van der Waals surface area contributed by atoms with Crippen molar-refractivity contribution in [3.05, 3.63) is 57.1 Å². The second kappa shape index (κ2) is 8.81. The number of hydrogen-bond donors (Lipinski definition) is 2. The number of aryl methyl sites for hydroxylation is 1. The fourth-order valence-electron chi connectivity index (χ4n) is 3.16. The Morgan fingerprint density at radius 3 is 2.57 bits per heavy atom. The van der Waals surface area contributed by atoms with Gasteiger partial charge in [0.25, 0.3) is 0 Å². The molecule has 0 spiro atoms. The van der Waals surface area contributed by atoms with Gasteiger partial charge in [-0.05, 0) is 32.4 Å². The molecule has 1 atom stereocenters. The monoisotopic (exact) mass is 414 g/mol. The molecule has 0 bridgehead atoms. The van der Waals surface area contributed by atoms with Crippen LogP contribution in [0.4, 0.5) is 4.79 Å². The van der Waals surface area contributed by atoms with E-state index in [1.807, 2.05) is 6.92 Å². The normalized spacial score (nSPS) is 16.1. The number of fused-ring (bicyclic) bond motifs is 1. The van der Waals surface area contributed by atoms with Gasteiger partial charge in [-0.25, -0.2) is 14.4 Å². The van der Waals surface area contributed by atoms with Crippen LogP contribution in [0.2, 0.25) is 0 Å². The number of rotatable bonds is 6. The van der Waals surface area contributed by atoms with Crippen molar-refractivity contribution in [3.63, 3.8) is 0 Å². The van der Waals surface area contributed by atoms with Crippen LogP contribution in [0.25, 0.3) is 11.0 Å². The molecule has 0 radical (unpaired) electrons. The Balaban J connectivity index is 1.86. The third kappa shape index (κ3) is 4.35. The minimum absolute atomic E-state index is 0.121. The Bertz CT molecular complexity index is 1100. The molecule has 2 amide bonds. The molecule has 0 unspecified atom stereocenters. The first kappa shape index (κ1) is 21.1. The molecule has 9 nitrogen and oxygen atoms in total. The molecule has 0 saturated carbocycles. The van der Waals surface area contributed by atoms with Gasteiger partial charge in [0, 0.05) is 6.07 Å². The highest BCUT2D eigenvalue weighted by atomic mass is 16.5. The zero-order valence-electron chi connectivity index (χ0n) is 16.9. The maximum absolute atomic E-state index is 12.5. The van der Waals surface area contributed by atoms with Gasteiger partial charge in [0.2, 0.25) is 5.76 Å². The van der Waals surface area contributed by atoms with E-state index in [1.165, 1.54) is 0 Å². The average Bonchev–Trinajstić information content (AvgIpc) is 2.71. The van der Waals surface area contributed by atoms with Crippen molar-refractivity contribution in [3.8, 4) is 0 Å². The van der Waals surface area contributed by atoms with Crippen LogP contribution in [0.15, 0.2) is 44.7 Å². The van der Waals surface area contributed by atoms with Crippen molar-refractivity contribution in [2.24, 2.45) is 0 Å². The molecule has 2 heterocycles. The van der Waals surface area contributed by atoms with Gasteiger partial charge in [0.05, 0.1) is 29.3 Å². The number of ether oxygens (including phenoxy) is 2. The van der Waals surface area contributed by atoms with Gasteiger partial charge in [0.15, 0.2) is 5.43 Å². The number of nitrogens with one attached hydrogen (secondary N) is 2. The molecule has 9 heteroatoms. The van der Waals surface area contributed by atoms with Crippen molar-refractivity contribution in [2.75, 3.05) is 13.2 Å². The van der Waals surface area contributed by atoms with E-state index in [1.54, 1.807) is 32.0 Å². The predicted octanol–water partition coefficient (Wildman–Crippen LogP) is 2.17. The van der Waals surface area contributed by atoms with Crippen LogP contribution in [-0.2, 0) is 14.3 Å². The van der Waals surface area contributed by atoms with Gasteiger partial charge in [-0.1, -0.05) is 18.6 Å². The predicted molar refractivity (Wildman–Crippen MR) is 107 cm³/mol. The maximum Gasteiger partial charge on any atom is 0.374 e. The van der Waals surface area contributed by atoms with Gasteiger partial charge >= 0.3 is 18.0 Å². The number of hydrogen-bond acceptors (Lipinski definition) is 7. The first-order valence-corrected chi connectivity index (χ1v) is 9.53. The second-order valence-electron chi connectivity index (χ2n) is 6.72. The number of amides is 2. The van der Waals surface area contributed by atoms with Gasteiger partial charge in [-0.3, -0.25) is 4.79 Å². The third-order valence-electron chi connectivity index (χ3n) is 4.58. The third-order valence-corrected chi connectivity index (χ3v) is 4.58. The molecule has 1 aliphatic rings. The SMILES string of the molecule is CCOC(=O)C1=C(COC(=O)c2cc(=O)c3cc(C)ccc3o2)NC(=O)N[C@H]1CC. The van der Waals surface area contributed by atoms with E-state index in [0.717, 1.165) is 11.6 Å². The first-order valence-electron chi connectivity index (χ1n) is 9.53. The minimum atomic E-state index is -0.897. The fourth-order valence-corrected chi connectivity index (χ4v) is 3.16. The molecular formula is C21H22N2O7. The molecule has 1 aliphatic heterocycles. The fraction of sp³-hybridized carbons (Fsp3) is 0.333. The molecule has 158 valence electrons. The smallest absolute Gasteiger partial charge is 0.374 e. The topological polar surface area (TPSA) is 124 Å². The summed E-state index contributed by atoms with van der Waals surface area (Å²) in [6.45, 7) is 5.06. The van der Waals surface area contributed by atoms with E-state index in [-0.39, 0.29) is 34.6 Å². The van der Waals surface area contributed by atoms with Crippen molar-refractivity contribution < 1.29 is 28.3 Å². The van der Waals surface area contributed by atoms with Crippen molar-refractivity contribution >= 4 is 28.9 Å². The summed E-state index contributed by atoms with van der Waals surface area (Å²) in [6, 6.07) is 4.99. The van der Waals surface area contributed by atoms with Crippen LogP contribution in [0.5, 0.6) is 0 Å². The second-order valence-corrected chi connectivity index (χ2v) is 6.72. The van der Waals surface area contributed by atoms with Crippen molar-refractivity contribution in [1.82, 2.24) is 10.6 Å². The number of carbonyl (C=O) groups excluding carboxylic acids is 3. The summed E-state index contributed by atoms with van der Waals surface area (Å²) in [5, 5.41) is 5.47. The molecular weight excluding hydrogens is 392 g/mol. The lowest BCUT2D eigenvalue weighted by molar-refractivity contribution is -0.139. The van der Waals surface area contributed by atoms with E-state index >= 15 is 0 Å². The molecule has 0 aliphatic carbocycles. The lowest BCUT2D eigenvalue weighted by Gasteiger charge is -2.28. The van der Waals surface area contributed by atoms with Crippen molar-refractivity contribution in [1.29, 1.82) is 0 Å². The first-order chi connectivity index (χ1) is 14.3. The van der Waals surface area contributed by atoms with Crippen LogP contribution in [0, 0.1) is 6.92 Å². The Morgan fingerprint density at radius 1 is 1.10 bits per heavy atom. The van der Waals surface area contributed by atoms with Crippen LogP contribution in [-0.4, -0.2) is 37.2 Å². The van der Waals surface area contributed by atoms with Gasteiger partial charge in [0.1, 0.15) is 12.2 Å². The summed E-state index contributed by atoms with van der Waals surface area (Å²) in [6.07, 6.45) is 0.442. The Kier molecular flexibility index (Phi) is 6.20. The van der Waals surface area contributed by atoms with Gasteiger partial charge in [-0.15, -0.1) is 0 Å². The molecule has 0 saturated heterocycles. The Morgan fingerprint density at radius 2 is 1.87 bits per heavy atom. The standard InChI is InChI=1S/C21H22N2O7/c1-4-13-18(20(26)28-5-2)14(23-21(27)22-13)10-29-19(25)17-9-15(24)12-8-11(3)6-7-16(12)30-17/h6-9,13H,4-5,10H2,1-3H3,(H2,22,23,27)/t13-/m0/s1. The summed E-state index contributed by atoms with van der Waals surface area (Å²) in [7, 11) is 0. The summed E-state index contributed by atoms with van der Waals surface area (Å²) >= 11 is 0. The van der Waals surface area contributed by atoms with Crippen LogP contribution in [0.1, 0.15) is 36.4 Å². The van der Waals surface area contributed by atoms with E-state index in [4.69, 9.17) is 13.9 Å². The molecule has 2 aromatic rings. The molecule has 3 rings (SSSR count). The summed E-state index contributed by atoms with van der Waals surface area (Å²) < 4.78 is 15.8. The highest BCUT2D eigenvalue weighted by Gasteiger charge is 2.32. The number of carbonyl (C=O) groups is 3. The quantitative estimate of drug-likeness (QED) is 0.694. The van der Waals surface area contributed by atoms with Gasteiger partial charge in [-0.2, -0.15) is 0 Å². The highest BCUT2D eigenvalue weighted by Crippen LogP contribution is 2.19. The summed E-state index contributed by atoms with van der Waals surface area (Å²) in [5.41, 5.74) is 1.07. The molecule has 30 heavy (non-hydrogen) atoms. The number of benzene rings is 1. The van der Waals surface area contributed by atoms with E-state index in [9.17, 15) is 19.2 Å². The molecule has 0 fully saturated rings. The van der Waals surface area contributed by atoms with E-state index in [2.05, 4.69) is 10.6 Å². The highest BCUT2D eigenvalue weighted by molar-refractivity contribution is 5.95. The maximum atomic E-state index is 12.5. The average molecular weight is 414 g/mol.